The quantitative estimate of drug-likeness (QED) is 0.678. The van der Waals surface area contributed by atoms with Crippen molar-refractivity contribution in [1.82, 2.24) is 0 Å². The zero-order valence-corrected chi connectivity index (χ0v) is 13.9. The highest BCUT2D eigenvalue weighted by Crippen LogP contribution is 2.36. The van der Waals surface area contributed by atoms with Crippen molar-refractivity contribution in [2.24, 2.45) is 0 Å². The molecule has 0 radical (unpaired) electrons. The number of hydrogen-bond donors (Lipinski definition) is 1. The molecule has 1 aliphatic heterocycles. The Hall–Kier alpha value is -2.31. The average molecular weight is 343 g/mol. The van der Waals surface area contributed by atoms with Crippen molar-refractivity contribution in [3.63, 3.8) is 0 Å². The number of phenols is 1. The lowest BCUT2D eigenvalue weighted by molar-refractivity contribution is -0.113. The number of amides is 1. The second-order valence-corrected chi connectivity index (χ2v) is 6.46. The van der Waals surface area contributed by atoms with Crippen LogP contribution in [0.3, 0.4) is 0 Å². The normalized spacial score (nSPS) is 16.2. The van der Waals surface area contributed by atoms with Gasteiger partial charge in [-0.25, -0.2) is 0 Å². The summed E-state index contributed by atoms with van der Waals surface area (Å²) in [7, 11) is 1.48. The lowest BCUT2D eigenvalue weighted by atomic mass is 10.2. The van der Waals surface area contributed by atoms with Gasteiger partial charge in [-0.2, -0.15) is 0 Å². The summed E-state index contributed by atoms with van der Waals surface area (Å²) in [6.45, 7) is 0. The minimum atomic E-state index is -0.154. The van der Waals surface area contributed by atoms with Crippen molar-refractivity contribution in [3.8, 4) is 11.5 Å². The zero-order valence-electron chi connectivity index (χ0n) is 12.2. The fourth-order valence-electron chi connectivity index (χ4n) is 2.20. The van der Waals surface area contributed by atoms with Crippen LogP contribution >= 0.6 is 24.0 Å². The number of rotatable bonds is 3. The van der Waals surface area contributed by atoms with Gasteiger partial charge in [0.15, 0.2) is 15.8 Å². The van der Waals surface area contributed by atoms with Crippen LogP contribution in [-0.4, -0.2) is 22.4 Å². The molecule has 116 valence electrons. The van der Waals surface area contributed by atoms with Gasteiger partial charge in [0, 0.05) is 0 Å². The average Bonchev–Trinajstić information content (AvgIpc) is 2.84. The number of carbonyl (C=O) groups is 1. The van der Waals surface area contributed by atoms with Crippen LogP contribution in [0.1, 0.15) is 5.56 Å². The van der Waals surface area contributed by atoms with Crippen molar-refractivity contribution in [1.29, 1.82) is 0 Å². The highest BCUT2D eigenvalue weighted by Gasteiger charge is 2.33. The molecule has 23 heavy (non-hydrogen) atoms. The molecule has 2 aromatic rings. The Morgan fingerprint density at radius 3 is 2.65 bits per heavy atom. The maximum atomic E-state index is 12.6. The second-order valence-electron chi connectivity index (χ2n) is 4.78. The molecule has 1 saturated heterocycles. The first kappa shape index (κ1) is 15.6. The summed E-state index contributed by atoms with van der Waals surface area (Å²) in [6, 6.07) is 14.2. The monoisotopic (exact) mass is 343 g/mol. The van der Waals surface area contributed by atoms with Gasteiger partial charge < -0.3 is 9.84 Å². The molecule has 1 amide bonds. The van der Waals surface area contributed by atoms with Crippen LogP contribution in [0.4, 0.5) is 5.69 Å². The summed E-state index contributed by atoms with van der Waals surface area (Å²) < 4.78 is 5.58. The predicted molar refractivity (Wildman–Crippen MR) is 96.8 cm³/mol. The van der Waals surface area contributed by atoms with E-state index < -0.39 is 0 Å². The molecule has 1 heterocycles. The number of benzene rings is 2. The molecule has 6 heteroatoms. The van der Waals surface area contributed by atoms with Gasteiger partial charge in [-0.05, 0) is 35.9 Å². The number of thiocarbonyl (C=S) groups is 1. The van der Waals surface area contributed by atoms with Gasteiger partial charge in [0.2, 0.25) is 0 Å². The smallest absolute Gasteiger partial charge is 0.270 e. The SMILES string of the molecule is COc1cc(C=C2SC(=S)N(c3ccccc3)C2=O)ccc1O. The Balaban J connectivity index is 1.93. The molecule has 3 rings (SSSR count). The van der Waals surface area contributed by atoms with Gasteiger partial charge >= 0.3 is 0 Å². The van der Waals surface area contributed by atoms with E-state index in [0.29, 0.717) is 15.0 Å². The van der Waals surface area contributed by atoms with E-state index >= 15 is 0 Å². The molecule has 0 bridgehead atoms. The van der Waals surface area contributed by atoms with Crippen molar-refractivity contribution in [3.05, 3.63) is 59.0 Å². The summed E-state index contributed by atoms with van der Waals surface area (Å²) in [5.74, 6) is 0.261. The zero-order chi connectivity index (χ0) is 16.4. The first-order valence-corrected chi connectivity index (χ1v) is 8.02. The number of anilines is 1. The van der Waals surface area contributed by atoms with E-state index in [4.69, 9.17) is 17.0 Å². The molecule has 0 spiro atoms. The van der Waals surface area contributed by atoms with Crippen LogP contribution in [0.2, 0.25) is 0 Å². The first-order valence-electron chi connectivity index (χ1n) is 6.80. The van der Waals surface area contributed by atoms with Crippen LogP contribution in [0.25, 0.3) is 6.08 Å². The number of aromatic hydroxyl groups is 1. The van der Waals surface area contributed by atoms with Gasteiger partial charge in [0.05, 0.1) is 17.7 Å². The fourth-order valence-corrected chi connectivity index (χ4v) is 3.50. The minimum Gasteiger partial charge on any atom is -0.504 e. The molecule has 0 aromatic heterocycles. The van der Waals surface area contributed by atoms with Gasteiger partial charge in [-0.3, -0.25) is 9.69 Å². The lowest BCUT2D eigenvalue weighted by Gasteiger charge is -2.13. The summed E-state index contributed by atoms with van der Waals surface area (Å²) >= 11 is 6.58. The van der Waals surface area contributed by atoms with E-state index in [1.807, 2.05) is 30.3 Å². The number of ether oxygens (including phenoxy) is 1. The highest BCUT2D eigenvalue weighted by molar-refractivity contribution is 8.27. The Kier molecular flexibility index (Phi) is 4.36. The van der Waals surface area contributed by atoms with Crippen molar-refractivity contribution < 1.29 is 14.6 Å². The summed E-state index contributed by atoms with van der Waals surface area (Å²) in [6.07, 6.45) is 1.74. The Labute approximate surface area is 143 Å². The molecule has 1 aliphatic rings. The molecule has 0 atom stereocenters. The second kappa shape index (κ2) is 6.44. The van der Waals surface area contributed by atoms with Crippen LogP contribution in [0, 0.1) is 0 Å². The van der Waals surface area contributed by atoms with E-state index in [0.717, 1.165) is 11.3 Å². The number of phenolic OH excluding ortho intramolecular Hbond substituents is 1. The Morgan fingerprint density at radius 2 is 1.96 bits per heavy atom. The van der Waals surface area contributed by atoms with Crippen LogP contribution in [-0.2, 0) is 4.79 Å². The number of para-hydroxylation sites is 1. The third-order valence-electron chi connectivity index (χ3n) is 3.31. The van der Waals surface area contributed by atoms with Gasteiger partial charge in [0.1, 0.15) is 0 Å². The summed E-state index contributed by atoms with van der Waals surface area (Å²) in [4.78, 5) is 14.7. The lowest BCUT2D eigenvalue weighted by Crippen LogP contribution is -2.27. The van der Waals surface area contributed by atoms with Crippen LogP contribution in [0.5, 0.6) is 11.5 Å². The van der Waals surface area contributed by atoms with E-state index in [2.05, 4.69) is 0 Å². The number of methoxy groups -OCH3 is 1. The summed E-state index contributed by atoms with van der Waals surface area (Å²) in [5, 5.41) is 9.63. The standard InChI is InChI=1S/C17H13NO3S2/c1-21-14-9-11(7-8-13(14)19)10-15-16(20)18(17(22)23-15)12-5-3-2-4-6-12/h2-10,19H,1H3. The Bertz CT molecular complexity index is 803. The third-order valence-corrected chi connectivity index (χ3v) is 4.61. The van der Waals surface area contributed by atoms with Crippen molar-refractivity contribution >= 4 is 46.0 Å². The summed E-state index contributed by atoms with van der Waals surface area (Å²) in [5.41, 5.74) is 1.51. The number of carbonyl (C=O) groups excluding carboxylic acids is 1. The van der Waals surface area contributed by atoms with Crippen molar-refractivity contribution in [2.75, 3.05) is 12.0 Å². The first-order chi connectivity index (χ1) is 11.1. The maximum Gasteiger partial charge on any atom is 0.270 e. The number of hydrogen-bond acceptors (Lipinski definition) is 5. The molecule has 4 nitrogen and oxygen atoms in total. The van der Waals surface area contributed by atoms with E-state index in [-0.39, 0.29) is 11.7 Å². The molecule has 0 unspecified atom stereocenters. The molecule has 2 aromatic carbocycles. The van der Waals surface area contributed by atoms with Crippen molar-refractivity contribution in [2.45, 2.75) is 0 Å². The van der Waals surface area contributed by atoms with Gasteiger partial charge in [0.25, 0.3) is 5.91 Å². The van der Waals surface area contributed by atoms with E-state index in [1.165, 1.54) is 29.8 Å². The Morgan fingerprint density at radius 1 is 1.22 bits per heavy atom. The third kappa shape index (κ3) is 3.09. The molecular weight excluding hydrogens is 330 g/mol. The molecular formula is C17H13NO3S2. The topological polar surface area (TPSA) is 49.8 Å². The number of thioether (sulfide) groups is 1. The largest absolute Gasteiger partial charge is 0.504 e. The maximum absolute atomic E-state index is 12.6. The molecule has 1 N–H and O–H groups in total. The van der Waals surface area contributed by atoms with E-state index in [9.17, 15) is 9.90 Å². The minimum absolute atomic E-state index is 0.0569. The van der Waals surface area contributed by atoms with Crippen LogP contribution < -0.4 is 9.64 Å². The molecule has 0 aliphatic carbocycles. The van der Waals surface area contributed by atoms with Crippen LogP contribution in [0.15, 0.2) is 53.4 Å². The predicted octanol–water partition coefficient (Wildman–Crippen LogP) is 3.81. The number of nitrogens with zero attached hydrogens (tertiary/aromatic N) is 1. The van der Waals surface area contributed by atoms with Gasteiger partial charge in [-0.15, -0.1) is 0 Å². The fraction of sp³-hybridized carbons (Fsp3) is 0.0588. The van der Waals surface area contributed by atoms with Gasteiger partial charge in [-0.1, -0.05) is 48.2 Å². The molecule has 1 fully saturated rings. The molecule has 0 saturated carbocycles. The van der Waals surface area contributed by atoms with E-state index in [1.54, 1.807) is 18.2 Å². The highest BCUT2D eigenvalue weighted by atomic mass is 32.2.